The molecule has 0 aromatic heterocycles. The maximum atomic E-state index is 6.44. The Bertz CT molecular complexity index is 411. The number of aryl methyl sites for hydroxylation is 1. The summed E-state index contributed by atoms with van der Waals surface area (Å²) in [6, 6.07) is 9.15. The van der Waals surface area contributed by atoms with E-state index in [0.29, 0.717) is 18.1 Å². The van der Waals surface area contributed by atoms with Crippen LogP contribution in [0.4, 0.5) is 0 Å². The van der Waals surface area contributed by atoms with Crippen molar-refractivity contribution in [2.75, 3.05) is 6.61 Å². The molecule has 0 amide bonds. The van der Waals surface area contributed by atoms with E-state index in [-0.39, 0.29) is 0 Å². The van der Waals surface area contributed by atoms with Crippen molar-refractivity contribution in [3.63, 3.8) is 0 Å². The summed E-state index contributed by atoms with van der Waals surface area (Å²) >= 11 is 0. The first-order chi connectivity index (χ1) is 9.34. The molecule has 1 aromatic carbocycles. The van der Waals surface area contributed by atoms with Crippen molar-refractivity contribution < 1.29 is 4.74 Å². The maximum Gasteiger partial charge on any atom is 0.0576 e. The molecule has 2 nitrogen and oxygen atoms in total. The van der Waals surface area contributed by atoms with Gasteiger partial charge in [0, 0.05) is 12.6 Å². The molecule has 2 N–H and O–H groups in total. The van der Waals surface area contributed by atoms with Gasteiger partial charge in [-0.05, 0) is 62.0 Å². The third-order valence-corrected chi connectivity index (χ3v) is 4.78. The summed E-state index contributed by atoms with van der Waals surface area (Å²) in [5.74, 6) is 0.584. The van der Waals surface area contributed by atoms with Crippen LogP contribution in [0.1, 0.15) is 55.6 Å². The Hall–Kier alpha value is -0.860. The molecule has 3 atom stereocenters. The summed E-state index contributed by atoms with van der Waals surface area (Å²) in [4.78, 5) is 0. The lowest BCUT2D eigenvalue weighted by Gasteiger charge is -2.21. The molecular formula is C17H25NO. The van der Waals surface area contributed by atoms with Gasteiger partial charge in [0.1, 0.15) is 0 Å². The number of hydrogen-bond donors (Lipinski definition) is 1. The van der Waals surface area contributed by atoms with Crippen LogP contribution >= 0.6 is 0 Å². The molecule has 2 aliphatic rings. The minimum Gasteiger partial charge on any atom is -0.378 e. The normalized spacial score (nSPS) is 27.4. The zero-order valence-corrected chi connectivity index (χ0v) is 11.7. The van der Waals surface area contributed by atoms with Crippen molar-refractivity contribution in [1.29, 1.82) is 0 Å². The first-order valence-electron chi connectivity index (χ1n) is 7.79. The largest absolute Gasteiger partial charge is 0.378 e. The fourth-order valence-corrected chi connectivity index (χ4v) is 3.69. The highest BCUT2D eigenvalue weighted by atomic mass is 16.5. The molecule has 1 aliphatic carbocycles. The molecule has 0 radical (unpaired) electrons. The van der Waals surface area contributed by atoms with Crippen molar-refractivity contribution in [1.82, 2.24) is 0 Å². The first kappa shape index (κ1) is 13.1. The molecule has 0 saturated carbocycles. The Labute approximate surface area is 116 Å². The van der Waals surface area contributed by atoms with Crippen LogP contribution < -0.4 is 5.73 Å². The third-order valence-electron chi connectivity index (χ3n) is 4.78. The minimum absolute atomic E-state index is 0.324. The summed E-state index contributed by atoms with van der Waals surface area (Å²) in [7, 11) is 0. The predicted octanol–water partition coefficient (Wildman–Crippen LogP) is 3.39. The summed E-state index contributed by atoms with van der Waals surface area (Å²) in [5, 5.41) is 0. The summed E-state index contributed by atoms with van der Waals surface area (Å²) < 4.78 is 5.68. The van der Waals surface area contributed by atoms with Crippen LogP contribution in [0, 0.1) is 0 Å². The van der Waals surface area contributed by atoms with E-state index < -0.39 is 0 Å². The van der Waals surface area contributed by atoms with Gasteiger partial charge < -0.3 is 10.5 Å². The Morgan fingerprint density at radius 2 is 2.16 bits per heavy atom. The molecule has 1 aliphatic heterocycles. The number of ether oxygens (including phenoxy) is 1. The van der Waals surface area contributed by atoms with E-state index in [0.717, 1.165) is 13.0 Å². The Kier molecular flexibility index (Phi) is 4.19. The monoisotopic (exact) mass is 259 g/mol. The lowest BCUT2D eigenvalue weighted by Crippen LogP contribution is -2.27. The second kappa shape index (κ2) is 6.06. The lowest BCUT2D eigenvalue weighted by atomic mass is 9.90. The van der Waals surface area contributed by atoms with Gasteiger partial charge in [0.05, 0.1) is 6.10 Å². The van der Waals surface area contributed by atoms with E-state index in [9.17, 15) is 0 Å². The van der Waals surface area contributed by atoms with Crippen molar-refractivity contribution in [3.8, 4) is 0 Å². The molecular weight excluding hydrogens is 234 g/mol. The van der Waals surface area contributed by atoms with Crippen LogP contribution in [0.2, 0.25) is 0 Å². The quantitative estimate of drug-likeness (QED) is 0.879. The predicted molar refractivity (Wildman–Crippen MR) is 78.3 cm³/mol. The second-order valence-corrected chi connectivity index (χ2v) is 6.07. The summed E-state index contributed by atoms with van der Waals surface area (Å²) in [6.07, 6.45) is 9.00. The average molecular weight is 259 g/mol. The second-order valence-electron chi connectivity index (χ2n) is 6.07. The molecule has 1 heterocycles. The number of fused-ring (bicyclic) bond motifs is 1. The van der Waals surface area contributed by atoms with Crippen molar-refractivity contribution >= 4 is 0 Å². The van der Waals surface area contributed by atoms with Gasteiger partial charge in [0.25, 0.3) is 0 Å². The number of hydrogen-bond acceptors (Lipinski definition) is 2. The first-order valence-corrected chi connectivity index (χ1v) is 7.79. The van der Waals surface area contributed by atoms with Crippen LogP contribution in [-0.4, -0.2) is 18.8 Å². The minimum atomic E-state index is 0.324. The molecule has 1 fully saturated rings. The molecule has 3 unspecified atom stereocenters. The molecule has 1 saturated heterocycles. The van der Waals surface area contributed by atoms with Crippen LogP contribution in [0.5, 0.6) is 0 Å². The topological polar surface area (TPSA) is 35.2 Å². The number of benzene rings is 1. The summed E-state index contributed by atoms with van der Waals surface area (Å²) in [6.45, 7) is 0.965. The molecule has 104 valence electrons. The Balaban J connectivity index is 1.49. The van der Waals surface area contributed by atoms with Gasteiger partial charge in [-0.25, -0.2) is 0 Å². The zero-order chi connectivity index (χ0) is 13.1. The van der Waals surface area contributed by atoms with Crippen molar-refractivity contribution in [3.05, 3.63) is 35.4 Å². The fourth-order valence-electron chi connectivity index (χ4n) is 3.69. The average Bonchev–Trinajstić information content (AvgIpc) is 3.07. The van der Waals surface area contributed by atoms with Crippen LogP contribution in [0.25, 0.3) is 0 Å². The van der Waals surface area contributed by atoms with E-state index in [1.54, 1.807) is 0 Å². The van der Waals surface area contributed by atoms with E-state index in [1.807, 2.05) is 0 Å². The lowest BCUT2D eigenvalue weighted by molar-refractivity contribution is 0.101. The standard InChI is InChI=1S/C17H25NO/c18-17(9-3-6-14-7-4-12-19-14)16-11-10-13-5-1-2-8-15(13)16/h1-2,5,8,14,16-17H,3-4,6-7,9-12,18H2. The molecule has 3 rings (SSSR count). The fraction of sp³-hybridized carbons (Fsp3) is 0.647. The molecule has 1 aromatic rings. The van der Waals surface area contributed by atoms with E-state index in [1.165, 1.54) is 49.7 Å². The van der Waals surface area contributed by atoms with Crippen LogP contribution in [0.3, 0.4) is 0 Å². The molecule has 2 heteroatoms. The highest BCUT2D eigenvalue weighted by Gasteiger charge is 2.27. The van der Waals surface area contributed by atoms with Crippen LogP contribution in [-0.2, 0) is 11.2 Å². The summed E-state index contributed by atoms with van der Waals surface area (Å²) in [5.41, 5.74) is 9.46. The van der Waals surface area contributed by atoms with Crippen molar-refractivity contribution in [2.45, 2.75) is 63.0 Å². The Morgan fingerprint density at radius 1 is 1.26 bits per heavy atom. The van der Waals surface area contributed by atoms with Gasteiger partial charge in [0.15, 0.2) is 0 Å². The molecule has 0 bridgehead atoms. The van der Waals surface area contributed by atoms with E-state index >= 15 is 0 Å². The van der Waals surface area contributed by atoms with Gasteiger partial charge in [-0.3, -0.25) is 0 Å². The van der Waals surface area contributed by atoms with E-state index in [4.69, 9.17) is 10.5 Å². The van der Waals surface area contributed by atoms with Gasteiger partial charge in [-0.2, -0.15) is 0 Å². The Morgan fingerprint density at radius 3 is 3.00 bits per heavy atom. The maximum absolute atomic E-state index is 6.44. The third kappa shape index (κ3) is 3.01. The number of nitrogens with two attached hydrogens (primary N) is 1. The van der Waals surface area contributed by atoms with Gasteiger partial charge in [0.2, 0.25) is 0 Å². The van der Waals surface area contributed by atoms with Gasteiger partial charge in [-0.15, -0.1) is 0 Å². The zero-order valence-electron chi connectivity index (χ0n) is 11.7. The smallest absolute Gasteiger partial charge is 0.0576 e. The van der Waals surface area contributed by atoms with Crippen LogP contribution in [0.15, 0.2) is 24.3 Å². The van der Waals surface area contributed by atoms with E-state index in [2.05, 4.69) is 24.3 Å². The van der Waals surface area contributed by atoms with Crippen molar-refractivity contribution in [2.24, 2.45) is 5.73 Å². The molecule has 0 spiro atoms. The number of rotatable bonds is 5. The highest BCUT2D eigenvalue weighted by Crippen LogP contribution is 2.36. The highest BCUT2D eigenvalue weighted by molar-refractivity contribution is 5.35. The van der Waals surface area contributed by atoms with Gasteiger partial charge in [-0.1, -0.05) is 24.3 Å². The van der Waals surface area contributed by atoms with Gasteiger partial charge >= 0.3 is 0 Å². The molecule has 19 heavy (non-hydrogen) atoms. The SMILES string of the molecule is NC(CCCC1CCCO1)C1CCc2ccccc21.